The summed E-state index contributed by atoms with van der Waals surface area (Å²) in [6, 6.07) is 13.9. The lowest BCUT2D eigenvalue weighted by atomic mass is 10.1. The standard InChI is InChI=1S/C16H18O2/c1-13-11-15(18-16(17)12-13)10-6-5-9-14-7-3-2-4-8-14/h2-4,7-8,11-12H,5-6,9-10H2,1H3. The molecular weight excluding hydrogens is 224 g/mol. The van der Waals surface area contributed by atoms with E-state index >= 15 is 0 Å². The molecule has 1 aromatic heterocycles. The molecule has 0 aliphatic carbocycles. The molecule has 2 heteroatoms. The second-order valence-corrected chi connectivity index (χ2v) is 4.61. The highest BCUT2D eigenvalue weighted by atomic mass is 16.4. The number of rotatable bonds is 5. The van der Waals surface area contributed by atoms with Crippen LogP contribution in [0.5, 0.6) is 0 Å². The Kier molecular flexibility index (Phi) is 4.35. The van der Waals surface area contributed by atoms with E-state index in [-0.39, 0.29) is 5.63 Å². The van der Waals surface area contributed by atoms with Gasteiger partial charge in [0.05, 0.1) is 0 Å². The Morgan fingerprint density at radius 3 is 2.44 bits per heavy atom. The summed E-state index contributed by atoms with van der Waals surface area (Å²) >= 11 is 0. The van der Waals surface area contributed by atoms with Crippen molar-refractivity contribution in [3.8, 4) is 0 Å². The minimum absolute atomic E-state index is 0.243. The van der Waals surface area contributed by atoms with Gasteiger partial charge in [0.2, 0.25) is 0 Å². The monoisotopic (exact) mass is 242 g/mol. The fraction of sp³-hybridized carbons (Fsp3) is 0.312. The fourth-order valence-electron chi connectivity index (χ4n) is 2.07. The van der Waals surface area contributed by atoms with E-state index in [4.69, 9.17) is 4.42 Å². The van der Waals surface area contributed by atoms with E-state index in [0.717, 1.165) is 37.0 Å². The quantitative estimate of drug-likeness (QED) is 0.751. The molecular formula is C16H18O2. The zero-order valence-corrected chi connectivity index (χ0v) is 10.7. The summed E-state index contributed by atoms with van der Waals surface area (Å²) in [7, 11) is 0. The summed E-state index contributed by atoms with van der Waals surface area (Å²) in [6.45, 7) is 1.92. The lowest BCUT2D eigenvalue weighted by molar-refractivity contribution is 0.450. The Labute approximate surface area is 107 Å². The Hall–Kier alpha value is -1.83. The smallest absolute Gasteiger partial charge is 0.336 e. The van der Waals surface area contributed by atoms with Crippen LogP contribution < -0.4 is 5.63 Å². The number of hydrogen-bond donors (Lipinski definition) is 0. The summed E-state index contributed by atoms with van der Waals surface area (Å²) in [5.74, 6) is 0.799. The van der Waals surface area contributed by atoms with Crippen molar-refractivity contribution in [2.75, 3.05) is 0 Å². The van der Waals surface area contributed by atoms with Crippen molar-refractivity contribution in [3.63, 3.8) is 0 Å². The molecule has 0 saturated heterocycles. The molecule has 0 bridgehead atoms. The molecule has 94 valence electrons. The first kappa shape index (κ1) is 12.6. The third-order valence-corrected chi connectivity index (χ3v) is 2.95. The van der Waals surface area contributed by atoms with Crippen LogP contribution in [0, 0.1) is 6.92 Å². The molecule has 0 amide bonds. The molecule has 0 atom stereocenters. The van der Waals surface area contributed by atoms with Crippen molar-refractivity contribution >= 4 is 0 Å². The first-order valence-electron chi connectivity index (χ1n) is 6.38. The van der Waals surface area contributed by atoms with E-state index in [0.29, 0.717) is 0 Å². The van der Waals surface area contributed by atoms with Crippen molar-refractivity contribution in [3.05, 3.63) is 69.8 Å². The Morgan fingerprint density at radius 1 is 1.00 bits per heavy atom. The fourth-order valence-corrected chi connectivity index (χ4v) is 2.07. The molecule has 0 fully saturated rings. The number of aryl methyl sites for hydroxylation is 3. The largest absolute Gasteiger partial charge is 0.428 e. The van der Waals surface area contributed by atoms with Gasteiger partial charge in [-0.25, -0.2) is 4.79 Å². The topological polar surface area (TPSA) is 30.2 Å². The molecule has 0 radical (unpaired) electrons. The third kappa shape index (κ3) is 3.88. The van der Waals surface area contributed by atoms with Crippen LogP contribution in [0.15, 0.2) is 51.7 Å². The van der Waals surface area contributed by atoms with Crippen LogP contribution in [0.1, 0.15) is 29.7 Å². The van der Waals surface area contributed by atoms with Crippen molar-refractivity contribution in [1.82, 2.24) is 0 Å². The maximum Gasteiger partial charge on any atom is 0.336 e. The van der Waals surface area contributed by atoms with Crippen LogP contribution in [-0.4, -0.2) is 0 Å². The van der Waals surface area contributed by atoms with Gasteiger partial charge in [0.25, 0.3) is 0 Å². The summed E-state index contributed by atoms with van der Waals surface area (Å²) in [5, 5.41) is 0. The van der Waals surface area contributed by atoms with Crippen LogP contribution in [0.4, 0.5) is 0 Å². The highest BCUT2D eigenvalue weighted by Crippen LogP contribution is 2.09. The minimum atomic E-state index is -0.243. The number of unbranched alkanes of at least 4 members (excludes halogenated alkanes) is 1. The Morgan fingerprint density at radius 2 is 1.72 bits per heavy atom. The molecule has 0 aliphatic heterocycles. The molecule has 2 nitrogen and oxygen atoms in total. The first-order valence-corrected chi connectivity index (χ1v) is 6.38. The van der Waals surface area contributed by atoms with Gasteiger partial charge in [-0.2, -0.15) is 0 Å². The number of benzene rings is 1. The molecule has 2 aromatic rings. The van der Waals surface area contributed by atoms with Gasteiger partial charge in [-0.05, 0) is 43.4 Å². The van der Waals surface area contributed by atoms with E-state index < -0.39 is 0 Å². The van der Waals surface area contributed by atoms with Gasteiger partial charge in [-0.1, -0.05) is 30.3 Å². The van der Waals surface area contributed by atoms with Crippen molar-refractivity contribution in [1.29, 1.82) is 0 Å². The van der Waals surface area contributed by atoms with Crippen molar-refractivity contribution < 1.29 is 4.42 Å². The maximum atomic E-state index is 11.2. The van der Waals surface area contributed by atoms with Crippen LogP contribution in [0.2, 0.25) is 0 Å². The predicted octanol–water partition coefficient (Wildman–Crippen LogP) is 3.51. The lowest BCUT2D eigenvalue weighted by Crippen LogP contribution is -2.01. The van der Waals surface area contributed by atoms with E-state index in [1.165, 1.54) is 11.6 Å². The normalized spacial score (nSPS) is 10.5. The second-order valence-electron chi connectivity index (χ2n) is 4.61. The zero-order chi connectivity index (χ0) is 12.8. The van der Waals surface area contributed by atoms with Gasteiger partial charge in [0.15, 0.2) is 0 Å². The molecule has 0 spiro atoms. The average Bonchev–Trinajstić information content (AvgIpc) is 2.35. The van der Waals surface area contributed by atoms with Gasteiger partial charge in [0, 0.05) is 12.5 Å². The first-order chi connectivity index (χ1) is 8.74. The van der Waals surface area contributed by atoms with E-state index in [1.807, 2.05) is 19.1 Å². The molecule has 1 heterocycles. The van der Waals surface area contributed by atoms with Gasteiger partial charge < -0.3 is 4.42 Å². The summed E-state index contributed by atoms with van der Waals surface area (Å²) in [5.41, 5.74) is 2.10. The third-order valence-electron chi connectivity index (χ3n) is 2.95. The number of hydrogen-bond acceptors (Lipinski definition) is 2. The SMILES string of the molecule is Cc1cc(CCCCc2ccccc2)oc(=O)c1. The van der Waals surface area contributed by atoms with Crippen LogP contribution in [-0.2, 0) is 12.8 Å². The van der Waals surface area contributed by atoms with E-state index in [9.17, 15) is 4.79 Å². The Balaban J connectivity index is 1.80. The maximum absolute atomic E-state index is 11.2. The molecule has 0 unspecified atom stereocenters. The summed E-state index contributed by atoms with van der Waals surface area (Å²) in [4.78, 5) is 11.2. The van der Waals surface area contributed by atoms with Crippen LogP contribution in [0.3, 0.4) is 0 Å². The Bertz CT molecular complexity index is 541. The molecule has 18 heavy (non-hydrogen) atoms. The van der Waals surface area contributed by atoms with Crippen molar-refractivity contribution in [2.45, 2.75) is 32.6 Å². The van der Waals surface area contributed by atoms with E-state index in [1.54, 1.807) is 0 Å². The molecule has 0 saturated carbocycles. The predicted molar refractivity (Wildman–Crippen MR) is 72.8 cm³/mol. The highest BCUT2D eigenvalue weighted by Gasteiger charge is 1.99. The van der Waals surface area contributed by atoms with Crippen LogP contribution >= 0.6 is 0 Å². The molecule has 1 aromatic carbocycles. The summed E-state index contributed by atoms with van der Waals surface area (Å²) < 4.78 is 5.15. The van der Waals surface area contributed by atoms with Gasteiger partial charge >= 0.3 is 5.63 Å². The zero-order valence-electron chi connectivity index (χ0n) is 10.7. The van der Waals surface area contributed by atoms with E-state index in [2.05, 4.69) is 24.3 Å². The van der Waals surface area contributed by atoms with Gasteiger partial charge in [0.1, 0.15) is 5.76 Å². The second kappa shape index (κ2) is 6.20. The van der Waals surface area contributed by atoms with Gasteiger partial charge in [-0.3, -0.25) is 0 Å². The lowest BCUT2D eigenvalue weighted by Gasteiger charge is -2.02. The molecule has 0 aliphatic rings. The molecule has 0 N–H and O–H groups in total. The average molecular weight is 242 g/mol. The minimum Gasteiger partial charge on any atom is -0.428 e. The molecule has 2 rings (SSSR count). The van der Waals surface area contributed by atoms with Gasteiger partial charge in [-0.15, -0.1) is 0 Å². The van der Waals surface area contributed by atoms with Crippen LogP contribution in [0.25, 0.3) is 0 Å². The highest BCUT2D eigenvalue weighted by molar-refractivity contribution is 5.15. The van der Waals surface area contributed by atoms with Crippen molar-refractivity contribution in [2.24, 2.45) is 0 Å². The summed E-state index contributed by atoms with van der Waals surface area (Å²) in [6.07, 6.45) is 4.07.